The van der Waals surface area contributed by atoms with Crippen LogP contribution in [0.2, 0.25) is 0 Å². The van der Waals surface area contributed by atoms with Crippen LogP contribution in [0.4, 0.5) is 0 Å². The lowest BCUT2D eigenvalue weighted by atomic mass is 9.81. The van der Waals surface area contributed by atoms with Gasteiger partial charge in [-0.2, -0.15) is 0 Å². The lowest BCUT2D eigenvalue weighted by molar-refractivity contribution is 0.0639. The normalized spacial score (nSPS) is 20.1. The lowest BCUT2D eigenvalue weighted by Crippen LogP contribution is -2.49. The molecule has 4 rings (SSSR count). The Kier molecular flexibility index (Phi) is 8.43. The number of hydrogen-bond donors (Lipinski definition) is 1. The molecule has 33 heavy (non-hydrogen) atoms. The van der Waals surface area contributed by atoms with E-state index in [2.05, 4.69) is 11.1 Å². The van der Waals surface area contributed by atoms with Gasteiger partial charge in [-0.25, -0.2) is 0 Å². The number of ketones is 1. The number of Topliss-reactive ketones (excluding diaryl/α,β-unsaturated/α-hetero) is 1. The molecule has 2 aliphatic heterocycles. The number of rotatable bonds is 10. The summed E-state index contributed by atoms with van der Waals surface area (Å²) in [6.07, 6.45) is 7.23. The van der Waals surface area contributed by atoms with Crippen molar-refractivity contribution in [2.75, 3.05) is 13.2 Å². The molecule has 2 atom stereocenters. The van der Waals surface area contributed by atoms with Crippen LogP contribution in [-0.4, -0.2) is 59.6 Å². The summed E-state index contributed by atoms with van der Waals surface area (Å²) in [4.78, 5) is 30.2. The average molecular weight is 447 g/mol. The molecule has 6 nitrogen and oxygen atoms in total. The zero-order valence-corrected chi connectivity index (χ0v) is 19.1. The Morgan fingerprint density at radius 3 is 2.73 bits per heavy atom. The van der Waals surface area contributed by atoms with E-state index >= 15 is 0 Å². The zero-order chi connectivity index (χ0) is 23.0. The highest BCUT2D eigenvalue weighted by molar-refractivity contribution is 6.64. The summed E-state index contributed by atoms with van der Waals surface area (Å²) < 4.78 is 5.42. The molecular weight excluding hydrogens is 415 g/mol. The predicted octanol–water partition coefficient (Wildman–Crippen LogP) is 3.00. The van der Waals surface area contributed by atoms with Gasteiger partial charge in [0.15, 0.2) is 5.78 Å². The highest BCUT2D eigenvalue weighted by Crippen LogP contribution is 2.26. The second-order valence-corrected chi connectivity index (χ2v) is 9.16. The van der Waals surface area contributed by atoms with Crippen LogP contribution < -0.4 is 0 Å². The van der Waals surface area contributed by atoms with Crippen LogP contribution in [0.3, 0.4) is 0 Å². The standard InChI is InChI=1S/C26H32BN2O4/c30-18-27-29-17-22-4-2-1-3-20(22)15-24(29)26(32)10-9-25(31)21-6-8-23(28-16-21)7-5-19-11-13-33-14-12-19/h1-4,6,8,16,18-19,24,26,32H,5,7,9-15,17H2/t24-,26+/m0/s1. The molecule has 0 unspecified atom stereocenters. The van der Waals surface area contributed by atoms with Gasteiger partial charge in [0.25, 0.3) is 7.41 Å². The van der Waals surface area contributed by atoms with Gasteiger partial charge in [-0.3, -0.25) is 9.78 Å². The van der Waals surface area contributed by atoms with Gasteiger partial charge < -0.3 is 19.4 Å². The van der Waals surface area contributed by atoms with Gasteiger partial charge in [0, 0.05) is 49.7 Å². The first kappa shape index (κ1) is 23.8. The van der Waals surface area contributed by atoms with E-state index in [4.69, 9.17) is 4.74 Å². The fourth-order valence-electron chi connectivity index (χ4n) is 4.91. The molecule has 1 saturated heterocycles. The number of aliphatic hydroxyl groups excluding tert-OH is 1. The lowest BCUT2D eigenvalue weighted by Gasteiger charge is -2.38. The Morgan fingerprint density at radius 1 is 1.21 bits per heavy atom. The number of benzene rings is 1. The molecule has 0 spiro atoms. The molecule has 2 aliphatic rings. The number of hydrogen-bond acceptors (Lipinski definition) is 6. The van der Waals surface area contributed by atoms with Gasteiger partial charge in [0.05, 0.1) is 12.3 Å². The topological polar surface area (TPSA) is 79.7 Å². The van der Waals surface area contributed by atoms with Crippen molar-refractivity contribution in [3.05, 3.63) is 65.0 Å². The Morgan fingerprint density at radius 2 is 2.00 bits per heavy atom. The summed E-state index contributed by atoms with van der Waals surface area (Å²) in [5.41, 5.74) is 3.95. The molecule has 1 aromatic carbocycles. The fraction of sp³-hybridized carbons (Fsp3) is 0.500. The monoisotopic (exact) mass is 447 g/mol. The van der Waals surface area contributed by atoms with Crippen molar-refractivity contribution in [2.24, 2.45) is 5.92 Å². The molecule has 0 aliphatic carbocycles. The fourth-order valence-corrected chi connectivity index (χ4v) is 4.91. The second kappa shape index (κ2) is 11.7. The first-order valence-corrected chi connectivity index (χ1v) is 12.0. The first-order chi connectivity index (χ1) is 16.1. The quantitative estimate of drug-likeness (QED) is 0.343. The average Bonchev–Trinajstić information content (AvgIpc) is 2.86. The van der Waals surface area contributed by atoms with Crippen LogP contribution in [0.25, 0.3) is 0 Å². The van der Waals surface area contributed by atoms with Crippen LogP contribution in [0.5, 0.6) is 0 Å². The number of aryl methyl sites for hydroxylation is 1. The van der Waals surface area contributed by atoms with Gasteiger partial charge in [-0.1, -0.05) is 24.3 Å². The summed E-state index contributed by atoms with van der Waals surface area (Å²) in [6, 6.07) is 11.7. The molecular formula is C26H32BN2O4. The van der Waals surface area contributed by atoms with Gasteiger partial charge in [-0.15, -0.1) is 0 Å². The van der Waals surface area contributed by atoms with Gasteiger partial charge >= 0.3 is 0 Å². The van der Waals surface area contributed by atoms with E-state index in [1.54, 1.807) is 6.20 Å². The minimum absolute atomic E-state index is 0.0142. The number of carbonyl (C=O) groups is 2. The Labute approximate surface area is 196 Å². The van der Waals surface area contributed by atoms with Crippen molar-refractivity contribution in [1.82, 2.24) is 9.79 Å². The molecule has 0 saturated carbocycles. The SMILES string of the molecule is O=C[B]N1Cc2ccccc2C[C@H]1[C@H](O)CCC(=O)c1ccc(CCC2CCOCC2)nc1. The van der Waals surface area contributed by atoms with Gasteiger partial charge in [0.1, 0.15) is 0 Å². The second-order valence-electron chi connectivity index (χ2n) is 9.16. The van der Waals surface area contributed by atoms with Gasteiger partial charge in [-0.05, 0) is 67.7 Å². The number of fused-ring (bicyclic) bond motifs is 1. The third kappa shape index (κ3) is 6.37. The minimum atomic E-state index is -0.704. The number of aliphatic hydroxyl groups is 1. The number of pyridine rings is 1. The maximum atomic E-state index is 12.7. The highest BCUT2D eigenvalue weighted by Gasteiger charge is 2.31. The number of carbonyl (C=O) groups excluding carboxylic acids is 2. The molecule has 1 radical (unpaired) electrons. The summed E-state index contributed by atoms with van der Waals surface area (Å²) in [5.74, 6) is 0.686. The van der Waals surface area contributed by atoms with Crippen molar-refractivity contribution < 1.29 is 19.4 Å². The van der Waals surface area contributed by atoms with E-state index < -0.39 is 6.10 Å². The van der Waals surface area contributed by atoms with Crippen LogP contribution in [0.1, 0.15) is 59.3 Å². The van der Waals surface area contributed by atoms with Crippen molar-refractivity contribution in [3.63, 3.8) is 0 Å². The molecule has 173 valence electrons. The molecule has 2 aromatic rings. The van der Waals surface area contributed by atoms with Crippen LogP contribution in [-0.2, 0) is 28.9 Å². The summed E-state index contributed by atoms with van der Waals surface area (Å²) in [7, 11) is 1.49. The maximum absolute atomic E-state index is 12.7. The number of nitrogens with zero attached hydrogens (tertiary/aromatic N) is 2. The van der Waals surface area contributed by atoms with E-state index in [0.717, 1.165) is 56.3 Å². The predicted molar refractivity (Wildman–Crippen MR) is 128 cm³/mol. The third-order valence-corrected chi connectivity index (χ3v) is 6.99. The van der Waals surface area contributed by atoms with E-state index in [9.17, 15) is 14.7 Å². The smallest absolute Gasteiger partial charge is 0.293 e. The Hall–Kier alpha value is -2.35. The van der Waals surface area contributed by atoms with Crippen molar-refractivity contribution in [2.45, 2.75) is 63.6 Å². The molecule has 1 fully saturated rings. The van der Waals surface area contributed by atoms with E-state index in [-0.39, 0.29) is 18.2 Å². The maximum Gasteiger partial charge on any atom is 0.293 e. The summed E-state index contributed by atoms with van der Waals surface area (Å²) in [6.45, 7) is 2.30. The van der Waals surface area contributed by atoms with Crippen molar-refractivity contribution in [3.8, 4) is 0 Å². The molecule has 0 amide bonds. The molecule has 7 heteroatoms. The Balaban J connectivity index is 1.29. The van der Waals surface area contributed by atoms with E-state index in [0.29, 0.717) is 30.9 Å². The van der Waals surface area contributed by atoms with E-state index in [1.807, 2.05) is 35.1 Å². The van der Waals surface area contributed by atoms with Gasteiger partial charge in [0.2, 0.25) is 0 Å². The third-order valence-electron chi connectivity index (χ3n) is 6.99. The van der Waals surface area contributed by atoms with Crippen LogP contribution >= 0.6 is 0 Å². The largest absolute Gasteiger partial charge is 0.392 e. The molecule has 1 aromatic heterocycles. The molecule has 1 N–H and O–H groups in total. The molecule has 3 heterocycles. The first-order valence-electron chi connectivity index (χ1n) is 12.0. The van der Waals surface area contributed by atoms with Crippen LogP contribution in [0, 0.1) is 5.92 Å². The summed E-state index contributed by atoms with van der Waals surface area (Å²) >= 11 is 0. The number of aromatic nitrogens is 1. The minimum Gasteiger partial charge on any atom is -0.392 e. The summed E-state index contributed by atoms with van der Waals surface area (Å²) in [5, 5.41) is 10.9. The van der Waals surface area contributed by atoms with Crippen molar-refractivity contribution in [1.29, 1.82) is 0 Å². The number of ether oxygens (including phenoxy) is 1. The molecule has 0 bridgehead atoms. The van der Waals surface area contributed by atoms with E-state index in [1.165, 1.54) is 13.0 Å². The zero-order valence-electron chi connectivity index (χ0n) is 19.1. The van der Waals surface area contributed by atoms with Crippen molar-refractivity contribution >= 4 is 19.4 Å². The van der Waals surface area contributed by atoms with Crippen LogP contribution in [0.15, 0.2) is 42.6 Å². The highest BCUT2D eigenvalue weighted by atomic mass is 16.5. The Bertz CT molecular complexity index is 930.